The molecule has 0 bridgehead atoms. The maximum absolute atomic E-state index is 11.6. The summed E-state index contributed by atoms with van der Waals surface area (Å²) in [6, 6.07) is 0. The van der Waals surface area contributed by atoms with E-state index < -0.39 is 22.0 Å². The fourth-order valence-corrected chi connectivity index (χ4v) is 2.60. The Morgan fingerprint density at radius 1 is 1.46 bits per heavy atom. The van der Waals surface area contributed by atoms with Crippen LogP contribution in [-0.2, 0) is 15.6 Å². The van der Waals surface area contributed by atoms with Gasteiger partial charge in [-0.05, 0) is 12.8 Å². The zero-order valence-corrected chi connectivity index (χ0v) is 9.26. The summed E-state index contributed by atoms with van der Waals surface area (Å²) in [6.07, 6.45) is 2.03. The van der Waals surface area contributed by atoms with Crippen molar-refractivity contribution in [2.24, 2.45) is 0 Å². The van der Waals surface area contributed by atoms with E-state index in [4.69, 9.17) is 5.11 Å². The first-order chi connectivity index (χ1) is 6.04. The highest BCUT2D eigenvalue weighted by Crippen LogP contribution is 2.12. The normalized spacial score (nSPS) is 17.8. The van der Waals surface area contributed by atoms with E-state index >= 15 is 0 Å². The predicted octanol–water partition coefficient (Wildman–Crippen LogP) is 1.79. The second-order valence-electron chi connectivity index (χ2n) is 3.16. The Balaban J connectivity index is 4.36. The standard InChI is InChI=1S/C9H18O3S/c1-4-6-8(9(10)11)13(12)7(3)5-2/h7-8H,4-6H2,1-3H3,(H,10,11). The van der Waals surface area contributed by atoms with Crippen LogP contribution in [-0.4, -0.2) is 25.8 Å². The van der Waals surface area contributed by atoms with Crippen molar-refractivity contribution in [1.82, 2.24) is 0 Å². The van der Waals surface area contributed by atoms with Gasteiger partial charge in [0.05, 0.1) is 0 Å². The van der Waals surface area contributed by atoms with Gasteiger partial charge < -0.3 is 5.11 Å². The SMILES string of the molecule is CCCC(C(=O)O)S(=O)C(C)CC. The minimum Gasteiger partial charge on any atom is -0.480 e. The second kappa shape index (κ2) is 6.13. The van der Waals surface area contributed by atoms with E-state index in [1.807, 2.05) is 20.8 Å². The lowest BCUT2D eigenvalue weighted by Crippen LogP contribution is -2.30. The number of carboxylic acid groups (broad SMARTS) is 1. The molecule has 0 heterocycles. The smallest absolute Gasteiger partial charge is 0.319 e. The molecule has 0 aliphatic rings. The van der Waals surface area contributed by atoms with Crippen LogP contribution in [0.3, 0.4) is 0 Å². The molecule has 0 aromatic heterocycles. The number of carbonyl (C=O) groups is 1. The van der Waals surface area contributed by atoms with E-state index in [9.17, 15) is 9.00 Å². The first kappa shape index (κ1) is 12.6. The zero-order valence-electron chi connectivity index (χ0n) is 8.45. The van der Waals surface area contributed by atoms with Crippen molar-refractivity contribution < 1.29 is 14.1 Å². The summed E-state index contributed by atoms with van der Waals surface area (Å²) in [5.41, 5.74) is 0. The molecule has 3 atom stereocenters. The molecule has 0 aliphatic heterocycles. The van der Waals surface area contributed by atoms with E-state index in [2.05, 4.69) is 0 Å². The first-order valence-corrected chi connectivity index (χ1v) is 5.94. The van der Waals surface area contributed by atoms with Crippen molar-refractivity contribution in [2.45, 2.75) is 50.5 Å². The number of hydrogen-bond acceptors (Lipinski definition) is 2. The molecule has 0 fully saturated rings. The van der Waals surface area contributed by atoms with E-state index in [0.717, 1.165) is 12.8 Å². The van der Waals surface area contributed by atoms with Gasteiger partial charge in [0.25, 0.3) is 0 Å². The molecular weight excluding hydrogens is 188 g/mol. The van der Waals surface area contributed by atoms with Crippen molar-refractivity contribution in [1.29, 1.82) is 0 Å². The average Bonchev–Trinajstić information content (AvgIpc) is 2.11. The van der Waals surface area contributed by atoms with E-state index in [1.54, 1.807) is 0 Å². The van der Waals surface area contributed by atoms with Crippen molar-refractivity contribution >= 4 is 16.8 Å². The van der Waals surface area contributed by atoms with Crippen LogP contribution in [0.5, 0.6) is 0 Å². The maximum Gasteiger partial charge on any atom is 0.319 e. The lowest BCUT2D eigenvalue weighted by atomic mass is 10.2. The Hall–Kier alpha value is -0.380. The number of aliphatic carboxylic acids is 1. The van der Waals surface area contributed by atoms with Crippen LogP contribution in [0, 0.1) is 0 Å². The van der Waals surface area contributed by atoms with Crippen molar-refractivity contribution in [3.63, 3.8) is 0 Å². The van der Waals surface area contributed by atoms with Gasteiger partial charge in [0.2, 0.25) is 0 Å². The Morgan fingerprint density at radius 3 is 2.31 bits per heavy atom. The summed E-state index contributed by atoms with van der Waals surface area (Å²) < 4.78 is 11.6. The van der Waals surface area contributed by atoms with Crippen LogP contribution >= 0.6 is 0 Å². The Kier molecular flexibility index (Phi) is 5.95. The maximum atomic E-state index is 11.6. The van der Waals surface area contributed by atoms with Crippen LogP contribution in [0.15, 0.2) is 0 Å². The van der Waals surface area contributed by atoms with Gasteiger partial charge in [-0.1, -0.05) is 27.2 Å². The monoisotopic (exact) mass is 206 g/mol. The number of hydrogen-bond donors (Lipinski definition) is 1. The third-order valence-electron chi connectivity index (χ3n) is 2.08. The second-order valence-corrected chi connectivity index (χ2v) is 5.19. The molecule has 78 valence electrons. The highest BCUT2D eigenvalue weighted by atomic mass is 32.2. The highest BCUT2D eigenvalue weighted by molar-refractivity contribution is 7.87. The Labute approximate surface area is 82.0 Å². The van der Waals surface area contributed by atoms with Gasteiger partial charge in [0.15, 0.2) is 0 Å². The summed E-state index contributed by atoms with van der Waals surface area (Å²) in [6.45, 7) is 5.67. The molecule has 13 heavy (non-hydrogen) atoms. The molecule has 0 aromatic rings. The fraction of sp³-hybridized carbons (Fsp3) is 0.889. The van der Waals surface area contributed by atoms with Gasteiger partial charge in [-0.15, -0.1) is 0 Å². The molecule has 3 nitrogen and oxygen atoms in total. The molecule has 0 aliphatic carbocycles. The quantitative estimate of drug-likeness (QED) is 0.720. The largest absolute Gasteiger partial charge is 0.480 e. The van der Waals surface area contributed by atoms with E-state index in [1.165, 1.54) is 0 Å². The molecule has 0 saturated carbocycles. The third kappa shape index (κ3) is 3.89. The molecule has 1 N–H and O–H groups in total. The number of rotatable bonds is 6. The summed E-state index contributed by atoms with van der Waals surface area (Å²) in [7, 11) is -1.23. The minimum absolute atomic E-state index is 0.0207. The predicted molar refractivity (Wildman–Crippen MR) is 54.2 cm³/mol. The third-order valence-corrected chi connectivity index (χ3v) is 4.20. The summed E-state index contributed by atoms with van der Waals surface area (Å²) in [4.78, 5) is 10.8. The van der Waals surface area contributed by atoms with E-state index in [0.29, 0.717) is 6.42 Å². The van der Waals surface area contributed by atoms with Crippen LogP contribution in [0.1, 0.15) is 40.0 Å². The van der Waals surface area contributed by atoms with Crippen molar-refractivity contribution in [3.8, 4) is 0 Å². The lowest BCUT2D eigenvalue weighted by molar-refractivity contribution is -0.136. The van der Waals surface area contributed by atoms with Gasteiger partial charge in [0.1, 0.15) is 5.25 Å². The molecule has 0 aromatic carbocycles. The van der Waals surface area contributed by atoms with Crippen molar-refractivity contribution in [2.75, 3.05) is 0 Å². The van der Waals surface area contributed by atoms with Crippen LogP contribution in [0.4, 0.5) is 0 Å². The molecule has 0 amide bonds. The van der Waals surface area contributed by atoms with Gasteiger partial charge in [0, 0.05) is 16.0 Å². The van der Waals surface area contributed by atoms with Gasteiger partial charge in [-0.25, -0.2) is 0 Å². The average molecular weight is 206 g/mol. The minimum atomic E-state index is -1.23. The van der Waals surface area contributed by atoms with Crippen LogP contribution < -0.4 is 0 Å². The molecule has 0 saturated heterocycles. The summed E-state index contributed by atoms with van der Waals surface area (Å²) in [5.74, 6) is -0.930. The van der Waals surface area contributed by atoms with Crippen LogP contribution in [0.2, 0.25) is 0 Å². The zero-order chi connectivity index (χ0) is 10.4. The fourth-order valence-electron chi connectivity index (χ4n) is 1.05. The Bertz CT molecular complexity index is 191. The highest BCUT2D eigenvalue weighted by Gasteiger charge is 2.26. The molecule has 0 spiro atoms. The van der Waals surface area contributed by atoms with E-state index in [-0.39, 0.29) is 5.25 Å². The van der Waals surface area contributed by atoms with Crippen LogP contribution in [0.25, 0.3) is 0 Å². The lowest BCUT2D eigenvalue weighted by Gasteiger charge is -2.15. The molecule has 4 heteroatoms. The molecule has 3 unspecified atom stereocenters. The molecular formula is C9H18O3S. The Morgan fingerprint density at radius 2 is 2.00 bits per heavy atom. The van der Waals surface area contributed by atoms with Gasteiger partial charge in [-0.3, -0.25) is 9.00 Å². The van der Waals surface area contributed by atoms with Crippen molar-refractivity contribution in [3.05, 3.63) is 0 Å². The molecule has 0 rings (SSSR count). The first-order valence-electron chi connectivity index (χ1n) is 4.66. The summed E-state index contributed by atoms with van der Waals surface area (Å²) in [5, 5.41) is 8.12. The number of carboxylic acids is 1. The molecule has 0 radical (unpaired) electrons. The summed E-state index contributed by atoms with van der Waals surface area (Å²) >= 11 is 0. The topological polar surface area (TPSA) is 54.4 Å². The van der Waals surface area contributed by atoms with Gasteiger partial charge >= 0.3 is 5.97 Å². The van der Waals surface area contributed by atoms with Gasteiger partial charge in [-0.2, -0.15) is 0 Å².